The first-order chi connectivity index (χ1) is 7.61. The molecule has 1 aromatic carbocycles. The van der Waals surface area contributed by atoms with E-state index in [4.69, 9.17) is 4.74 Å². The maximum Gasteiger partial charge on any atom is 0.153 e. The van der Waals surface area contributed by atoms with Gasteiger partial charge in [-0.2, -0.15) is 5.10 Å². The summed E-state index contributed by atoms with van der Waals surface area (Å²) >= 11 is 3.42. The van der Waals surface area contributed by atoms with Crippen LogP contribution in [0.15, 0.2) is 29.0 Å². The fraction of sp³-hybridized carbons (Fsp3) is 0.182. The van der Waals surface area contributed by atoms with Crippen molar-refractivity contribution in [2.24, 2.45) is 0 Å². The van der Waals surface area contributed by atoms with Crippen LogP contribution in [0.5, 0.6) is 11.5 Å². The molecule has 0 unspecified atom stereocenters. The van der Waals surface area contributed by atoms with Crippen molar-refractivity contribution < 1.29 is 9.84 Å². The van der Waals surface area contributed by atoms with Gasteiger partial charge in [-0.05, 0) is 34.5 Å². The van der Waals surface area contributed by atoms with Gasteiger partial charge in [0.2, 0.25) is 0 Å². The summed E-state index contributed by atoms with van der Waals surface area (Å²) in [6.45, 7) is 1.97. The summed E-state index contributed by atoms with van der Waals surface area (Å²) in [6, 6.07) is 3.82. The number of methoxy groups -OCH3 is 1. The molecule has 0 radical (unpaired) electrons. The van der Waals surface area contributed by atoms with E-state index in [1.165, 1.54) is 6.20 Å². The molecule has 1 aromatic heterocycles. The standard InChI is InChI=1S/C11H11BrN2O2/c1-7-3-9(12)11(16-2)4-10(7)14-6-8(15)5-13-14/h3-6,15H,1-2H3. The molecular weight excluding hydrogens is 272 g/mol. The quantitative estimate of drug-likeness (QED) is 0.921. The Morgan fingerprint density at radius 1 is 1.44 bits per heavy atom. The number of hydrogen-bond acceptors (Lipinski definition) is 3. The van der Waals surface area contributed by atoms with Crippen LogP contribution in [0.1, 0.15) is 5.56 Å². The Labute approximate surface area is 102 Å². The molecule has 0 atom stereocenters. The smallest absolute Gasteiger partial charge is 0.153 e. The van der Waals surface area contributed by atoms with Gasteiger partial charge in [0.1, 0.15) is 5.75 Å². The summed E-state index contributed by atoms with van der Waals surface area (Å²) in [5.74, 6) is 0.872. The zero-order valence-corrected chi connectivity index (χ0v) is 10.5. The van der Waals surface area contributed by atoms with E-state index in [9.17, 15) is 5.11 Å². The third-order valence-corrected chi connectivity index (χ3v) is 2.91. The summed E-state index contributed by atoms with van der Waals surface area (Å²) in [7, 11) is 1.61. The highest BCUT2D eigenvalue weighted by Crippen LogP contribution is 2.30. The number of hydrogen-bond donors (Lipinski definition) is 1. The number of benzene rings is 1. The molecule has 84 valence electrons. The first-order valence-electron chi connectivity index (χ1n) is 4.70. The predicted molar refractivity (Wildman–Crippen MR) is 64.2 cm³/mol. The van der Waals surface area contributed by atoms with Gasteiger partial charge in [-0.15, -0.1) is 0 Å². The van der Waals surface area contributed by atoms with E-state index in [2.05, 4.69) is 21.0 Å². The topological polar surface area (TPSA) is 47.3 Å². The van der Waals surface area contributed by atoms with E-state index in [-0.39, 0.29) is 5.75 Å². The largest absolute Gasteiger partial charge is 0.505 e. The molecule has 0 amide bonds. The minimum Gasteiger partial charge on any atom is -0.505 e. The fourth-order valence-electron chi connectivity index (χ4n) is 1.49. The number of aromatic hydroxyl groups is 1. The minimum atomic E-state index is 0.140. The van der Waals surface area contributed by atoms with Gasteiger partial charge in [-0.1, -0.05) is 0 Å². The average Bonchev–Trinajstić information content (AvgIpc) is 2.65. The van der Waals surface area contributed by atoms with Crippen molar-refractivity contribution in [3.63, 3.8) is 0 Å². The average molecular weight is 283 g/mol. The Bertz CT molecular complexity index is 523. The SMILES string of the molecule is COc1cc(-n2cc(O)cn2)c(C)cc1Br. The first kappa shape index (κ1) is 11.0. The molecule has 5 heteroatoms. The normalized spacial score (nSPS) is 10.4. The molecular formula is C11H11BrN2O2. The molecule has 0 aliphatic heterocycles. The molecule has 2 rings (SSSR count). The summed E-state index contributed by atoms with van der Waals surface area (Å²) in [4.78, 5) is 0. The van der Waals surface area contributed by atoms with Gasteiger partial charge in [0, 0.05) is 6.07 Å². The van der Waals surface area contributed by atoms with E-state index in [0.29, 0.717) is 0 Å². The van der Waals surface area contributed by atoms with Crippen LogP contribution in [0.25, 0.3) is 5.69 Å². The van der Waals surface area contributed by atoms with Gasteiger partial charge < -0.3 is 9.84 Å². The van der Waals surface area contributed by atoms with E-state index in [1.54, 1.807) is 18.0 Å². The Morgan fingerprint density at radius 3 is 2.75 bits per heavy atom. The van der Waals surface area contributed by atoms with Crippen molar-refractivity contribution >= 4 is 15.9 Å². The third kappa shape index (κ3) is 1.90. The summed E-state index contributed by atoms with van der Waals surface area (Å²) in [5.41, 5.74) is 1.91. The highest BCUT2D eigenvalue weighted by molar-refractivity contribution is 9.10. The van der Waals surface area contributed by atoms with Gasteiger partial charge >= 0.3 is 0 Å². The molecule has 0 saturated heterocycles. The second-order valence-corrected chi connectivity index (χ2v) is 4.27. The van der Waals surface area contributed by atoms with Gasteiger partial charge in [0.15, 0.2) is 5.75 Å². The predicted octanol–water partition coefficient (Wildman–Crippen LogP) is 2.66. The number of aryl methyl sites for hydroxylation is 1. The Kier molecular flexibility index (Phi) is 2.87. The van der Waals surface area contributed by atoms with Crippen LogP contribution in [-0.4, -0.2) is 22.0 Å². The van der Waals surface area contributed by atoms with E-state index >= 15 is 0 Å². The summed E-state index contributed by atoms with van der Waals surface area (Å²) in [6.07, 6.45) is 2.95. The number of halogens is 1. The van der Waals surface area contributed by atoms with Crippen LogP contribution in [0.2, 0.25) is 0 Å². The van der Waals surface area contributed by atoms with Crippen molar-refractivity contribution in [3.8, 4) is 17.2 Å². The lowest BCUT2D eigenvalue weighted by Crippen LogP contribution is -1.98. The zero-order chi connectivity index (χ0) is 11.7. The molecule has 16 heavy (non-hydrogen) atoms. The lowest BCUT2D eigenvalue weighted by atomic mass is 10.2. The van der Waals surface area contributed by atoms with Crippen molar-refractivity contribution in [3.05, 3.63) is 34.6 Å². The Morgan fingerprint density at radius 2 is 2.19 bits per heavy atom. The van der Waals surface area contributed by atoms with E-state index in [0.717, 1.165) is 21.5 Å². The molecule has 0 saturated carbocycles. The molecule has 0 aliphatic rings. The van der Waals surface area contributed by atoms with Crippen molar-refractivity contribution in [2.75, 3.05) is 7.11 Å². The van der Waals surface area contributed by atoms with Crippen molar-refractivity contribution in [1.29, 1.82) is 0 Å². The van der Waals surface area contributed by atoms with Crippen LogP contribution in [0.3, 0.4) is 0 Å². The molecule has 0 bridgehead atoms. The minimum absolute atomic E-state index is 0.140. The molecule has 0 spiro atoms. The number of rotatable bonds is 2. The Balaban J connectivity index is 2.56. The monoisotopic (exact) mass is 282 g/mol. The lowest BCUT2D eigenvalue weighted by molar-refractivity contribution is 0.411. The lowest BCUT2D eigenvalue weighted by Gasteiger charge is -2.10. The van der Waals surface area contributed by atoms with E-state index in [1.807, 2.05) is 19.1 Å². The summed E-state index contributed by atoms with van der Waals surface area (Å²) < 4.78 is 7.73. The van der Waals surface area contributed by atoms with Crippen LogP contribution in [-0.2, 0) is 0 Å². The highest BCUT2D eigenvalue weighted by atomic mass is 79.9. The maximum absolute atomic E-state index is 9.26. The maximum atomic E-state index is 9.26. The van der Waals surface area contributed by atoms with Crippen LogP contribution < -0.4 is 4.74 Å². The van der Waals surface area contributed by atoms with Crippen LogP contribution in [0, 0.1) is 6.92 Å². The molecule has 1 heterocycles. The van der Waals surface area contributed by atoms with E-state index < -0.39 is 0 Å². The van der Waals surface area contributed by atoms with Crippen molar-refractivity contribution in [1.82, 2.24) is 9.78 Å². The summed E-state index contributed by atoms with van der Waals surface area (Å²) in [5, 5.41) is 13.3. The molecule has 0 fully saturated rings. The van der Waals surface area contributed by atoms with Crippen LogP contribution >= 0.6 is 15.9 Å². The fourth-order valence-corrected chi connectivity index (χ4v) is 2.11. The Hall–Kier alpha value is -1.49. The van der Waals surface area contributed by atoms with Crippen molar-refractivity contribution in [2.45, 2.75) is 6.92 Å². The third-order valence-electron chi connectivity index (χ3n) is 2.29. The first-order valence-corrected chi connectivity index (χ1v) is 5.49. The van der Waals surface area contributed by atoms with Gasteiger partial charge in [0.25, 0.3) is 0 Å². The second kappa shape index (κ2) is 4.17. The van der Waals surface area contributed by atoms with Gasteiger partial charge in [-0.25, -0.2) is 4.68 Å². The molecule has 2 aromatic rings. The number of aromatic nitrogens is 2. The second-order valence-electron chi connectivity index (χ2n) is 3.42. The number of ether oxygens (including phenoxy) is 1. The zero-order valence-electron chi connectivity index (χ0n) is 8.94. The molecule has 4 nitrogen and oxygen atoms in total. The van der Waals surface area contributed by atoms with Crippen LogP contribution in [0.4, 0.5) is 0 Å². The van der Waals surface area contributed by atoms with Gasteiger partial charge in [0.05, 0.1) is 29.7 Å². The molecule has 0 aliphatic carbocycles. The van der Waals surface area contributed by atoms with Gasteiger partial charge in [-0.3, -0.25) is 0 Å². The highest BCUT2D eigenvalue weighted by Gasteiger charge is 2.08. The number of nitrogens with zero attached hydrogens (tertiary/aromatic N) is 2. The molecule has 1 N–H and O–H groups in total.